The number of hydrogen-bond donors (Lipinski definition) is 1. The van der Waals surface area contributed by atoms with Crippen molar-refractivity contribution in [3.63, 3.8) is 0 Å². The molecule has 0 bridgehead atoms. The van der Waals surface area contributed by atoms with Gasteiger partial charge < -0.3 is 19.7 Å². The number of nitrogens with zero attached hydrogens (tertiary/aromatic N) is 7. The molecule has 2 aromatic heterocycles. The first-order valence-corrected chi connectivity index (χ1v) is 15.2. The fraction of sp³-hybridized carbons (Fsp3) is 0.469. The van der Waals surface area contributed by atoms with Crippen LogP contribution in [0.5, 0.6) is 0 Å². The minimum Gasteiger partial charge on any atom is -0.444 e. The molecule has 4 aliphatic rings. The van der Waals surface area contributed by atoms with Gasteiger partial charge in [0.1, 0.15) is 28.5 Å². The monoisotopic (exact) mass is 628 g/mol. The molecule has 3 aromatic rings. The van der Waals surface area contributed by atoms with Crippen molar-refractivity contribution in [2.24, 2.45) is 11.8 Å². The Bertz CT molecular complexity index is 1730. The second-order valence-electron chi connectivity index (χ2n) is 13.5. The molecular weight excluding hydrogens is 595 g/mol. The quantitative estimate of drug-likeness (QED) is 0.414. The first kappa shape index (κ1) is 29.6. The molecule has 4 heterocycles. The van der Waals surface area contributed by atoms with E-state index in [0.717, 1.165) is 0 Å². The summed E-state index contributed by atoms with van der Waals surface area (Å²) < 4.78 is 27.7. The van der Waals surface area contributed by atoms with E-state index in [1.165, 1.54) is 17.2 Å². The Labute approximate surface area is 264 Å². The van der Waals surface area contributed by atoms with E-state index in [-0.39, 0.29) is 24.3 Å². The van der Waals surface area contributed by atoms with Gasteiger partial charge in [-0.1, -0.05) is 11.3 Å². The summed E-state index contributed by atoms with van der Waals surface area (Å²) in [5.74, 6) is -0.836. The van der Waals surface area contributed by atoms with E-state index in [1.807, 2.05) is 0 Å². The zero-order chi connectivity index (χ0) is 32.4. The van der Waals surface area contributed by atoms with Crippen molar-refractivity contribution in [2.75, 3.05) is 24.5 Å². The third-order valence-corrected chi connectivity index (χ3v) is 9.25. The molecule has 2 saturated heterocycles. The van der Waals surface area contributed by atoms with E-state index in [1.54, 1.807) is 67.0 Å². The maximum atomic E-state index is 15.3. The lowest BCUT2D eigenvalue weighted by atomic mass is 9.95. The van der Waals surface area contributed by atoms with Gasteiger partial charge >= 0.3 is 12.2 Å². The maximum absolute atomic E-state index is 15.3. The number of aromatic nitrogens is 4. The number of amides is 3. The number of hydrogen-bond acceptors (Lipinski definition) is 9. The van der Waals surface area contributed by atoms with Crippen molar-refractivity contribution in [1.82, 2.24) is 30.2 Å². The summed E-state index contributed by atoms with van der Waals surface area (Å²) in [7, 11) is 0. The number of carbonyl (C=O) groups is 3. The van der Waals surface area contributed by atoms with Gasteiger partial charge in [-0.15, -0.1) is 5.10 Å². The molecule has 0 radical (unpaired) electrons. The molecule has 46 heavy (non-hydrogen) atoms. The lowest BCUT2D eigenvalue weighted by Crippen LogP contribution is -2.52. The first-order chi connectivity index (χ1) is 21.9. The summed E-state index contributed by atoms with van der Waals surface area (Å²) in [4.78, 5) is 45.9. The summed E-state index contributed by atoms with van der Waals surface area (Å²) in [5, 5.41) is 20.6. The normalized spacial score (nSPS) is 25.8. The highest BCUT2D eigenvalue weighted by atomic mass is 19.1. The summed E-state index contributed by atoms with van der Waals surface area (Å²) in [6, 6.07) is 10.5. The van der Waals surface area contributed by atoms with Crippen molar-refractivity contribution in [1.29, 1.82) is 5.26 Å². The molecule has 14 heteroatoms. The molecule has 238 valence electrons. The minimum absolute atomic E-state index is 0.0817. The Kier molecular flexibility index (Phi) is 6.77. The van der Waals surface area contributed by atoms with Crippen LogP contribution >= 0.6 is 0 Å². The molecule has 2 aliphatic heterocycles. The molecule has 4 fully saturated rings. The van der Waals surface area contributed by atoms with Crippen molar-refractivity contribution < 1.29 is 28.2 Å². The summed E-state index contributed by atoms with van der Waals surface area (Å²) in [5.41, 5.74) is -0.644. The molecule has 2 saturated carbocycles. The Morgan fingerprint density at radius 3 is 2.52 bits per heavy atom. The first-order valence-electron chi connectivity index (χ1n) is 15.2. The zero-order valence-electron chi connectivity index (χ0n) is 25.6. The predicted octanol–water partition coefficient (Wildman–Crippen LogP) is 3.41. The second kappa shape index (κ2) is 10.5. The molecule has 2 unspecified atom stereocenters. The average molecular weight is 629 g/mol. The van der Waals surface area contributed by atoms with E-state index < -0.39 is 40.7 Å². The van der Waals surface area contributed by atoms with E-state index in [9.17, 15) is 19.6 Å². The van der Waals surface area contributed by atoms with Crippen LogP contribution in [0.1, 0.15) is 39.3 Å². The van der Waals surface area contributed by atoms with Crippen molar-refractivity contribution in [2.45, 2.75) is 62.8 Å². The topological polar surface area (TPSA) is 156 Å². The van der Waals surface area contributed by atoms with Crippen LogP contribution in [0.25, 0.3) is 11.1 Å². The van der Waals surface area contributed by atoms with Gasteiger partial charge in [0.05, 0.1) is 36.7 Å². The number of anilines is 1. The van der Waals surface area contributed by atoms with Gasteiger partial charge in [0.2, 0.25) is 5.91 Å². The van der Waals surface area contributed by atoms with Crippen LogP contribution in [-0.2, 0) is 26.2 Å². The second-order valence-corrected chi connectivity index (χ2v) is 13.5. The van der Waals surface area contributed by atoms with Crippen LogP contribution in [0.15, 0.2) is 48.9 Å². The van der Waals surface area contributed by atoms with E-state index in [0.29, 0.717) is 55.0 Å². The fourth-order valence-electron chi connectivity index (χ4n) is 6.79. The van der Waals surface area contributed by atoms with Gasteiger partial charge in [0, 0.05) is 48.4 Å². The van der Waals surface area contributed by atoms with Gasteiger partial charge in [-0.25, -0.2) is 18.7 Å². The van der Waals surface area contributed by atoms with Gasteiger partial charge in [0.25, 0.3) is 0 Å². The SMILES string of the molecule is CC(C)(C)OC(=O)NC1(C(=O)N2CC3C(C2)C3(C#N)c2ccc(-c3ccc(N4C[C@H](Cn5ccnn5)OC4=O)cc3F)cn2)CC1. The lowest BCUT2D eigenvalue weighted by molar-refractivity contribution is -0.134. The van der Waals surface area contributed by atoms with E-state index in [4.69, 9.17) is 9.47 Å². The third-order valence-electron chi connectivity index (χ3n) is 9.25. The highest BCUT2D eigenvalue weighted by Crippen LogP contribution is 2.63. The van der Waals surface area contributed by atoms with Crippen molar-refractivity contribution in [3.8, 4) is 17.2 Å². The Morgan fingerprint density at radius 2 is 1.93 bits per heavy atom. The summed E-state index contributed by atoms with van der Waals surface area (Å²) >= 11 is 0. The highest BCUT2D eigenvalue weighted by Gasteiger charge is 2.72. The van der Waals surface area contributed by atoms with Gasteiger partial charge in [-0.05, 0) is 57.9 Å². The van der Waals surface area contributed by atoms with E-state index >= 15 is 4.39 Å². The zero-order valence-corrected chi connectivity index (χ0v) is 25.6. The number of carbonyl (C=O) groups excluding carboxylic acids is 3. The molecule has 1 N–H and O–H groups in total. The average Bonchev–Trinajstić information content (AvgIpc) is 3.59. The number of likely N-dealkylation sites (tertiary alicyclic amines) is 1. The predicted molar refractivity (Wildman–Crippen MR) is 159 cm³/mol. The van der Waals surface area contributed by atoms with Gasteiger partial charge in [-0.2, -0.15) is 5.26 Å². The largest absolute Gasteiger partial charge is 0.444 e. The minimum atomic E-state index is -0.942. The smallest absolute Gasteiger partial charge is 0.414 e. The number of pyridine rings is 1. The number of nitriles is 1. The molecule has 3 amide bonds. The lowest BCUT2D eigenvalue weighted by Gasteiger charge is -2.28. The van der Waals surface area contributed by atoms with Crippen LogP contribution in [0.3, 0.4) is 0 Å². The van der Waals surface area contributed by atoms with Gasteiger partial charge in [-0.3, -0.25) is 14.7 Å². The number of fused-ring (bicyclic) bond motifs is 1. The number of cyclic esters (lactones) is 1. The third kappa shape index (κ3) is 5.09. The Balaban J connectivity index is 0.995. The van der Waals surface area contributed by atoms with Crippen molar-refractivity contribution >= 4 is 23.8 Å². The number of rotatable bonds is 7. The molecule has 13 nitrogen and oxygen atoms in total. The van der Waals surface area contributed by atoms with Crippen LogP contribution < -0.4 is 10.2 Å². The number of ether oxygens (including phenoxy) is 2. The fourth-order valence-corrected chi connectivity index (χ4v) is 6.79. The van der Waals surface area contributed by atoms with Crippen LogP contribution in [0.4, 0.5) is 19.7 Å². The van der Waals surface area contributed by atoms with Crippen molar-refractivity contribution in [3.05, 3.63) is 60.4 Å². The van der Waals surface area contributed by atoms with E-state index in [2.05, 4.69) is 26.7 Å². The summed E-state index contributed by atoms with van der Waals surface area (Å²) in [6.45, 7) is 6.68. The number of nitrogens with one attached hydrogen (secondary N) is 1. The molecule has 3 atom stereocenters. The molecule has 7 rings (SSSR count). The standard InChI is InChI=1S/C32H33FN8O5/c1-30(2,3)46-28(43)37-31(8-9-31)27(42)39-16-23-24(17-39)32(23,18-34)26-7-4-19(13-35-26)22-6-5-20(12-25(22)33)41-15-21(45-29(41)44)14-40-11-10-36-38-40/h4-7,10-13,21,23-24H,8-9,14-17H2,1-3H3,(H,37,43)/t21-,23?,24?,32?/m0/s1. The Morgan fingerprint density at radius 1 is 1.17 bits per heavy atom. The summed E-state index contributed by atoms with van der Waals surface area (Å²) in [6.07, 6.45) is 4.23. The maximum Gasteiger partial charge on any atom is 0.414 e. The highest BCUT2D eigenvalue weighted by molar-refractivity contribution is 5.93. The van der Waals surface area contributed by atoms with Gasteiger partial charge in [0.15, 0.2) is 0 Å². The number of alkyl carbamates (subject to hydrolysis) is 1. The molecule has 2 aliphatic carbocycles. The number of piperidine rings is 1. The molecule has 0 spiro atoms. The molecular formula is C32H33FN8O5. The van der Waals surface area contributed by atoms with Crippen LogP contribution in [0, 0.1) is 29.0 Å². The van der Waals surface area contributed by atoms with Crippen LogP contribution in [-0.4, -0.2) is 79.8 Å². The Hall–Kier alpha value is -5.06. The molecule has 1 aromatic carbocycles. The number of halogens is 1. The number of benzene rings is 1. The van der Waals surface area contributed by atoms with Crippen LogP contribution in [0.2, 0.25) is 0 Å².